The lowest BCUT2D eigenvalue weighted by atomic mass is 10.3. The van der Waals surface area contributed by atoms with Crippen LogP contribution in [0.15, 0.2) is 11.8 Å². The fourth-order valence-electron chi connectivity index (χ4n) is 0.656. The number of ether oxygens (including phenoxy) is 2. The van der Waals surface area contributed by atoms with Gasteiger partial charge in [0.1, 0.15) is 11.4 Å². The molecular weight excluding hydrogens is 188 g/mol. The van der Waals surface area contributed by atoms with E-state index in [4.69, 9.17) is 5.41 Å². The normalized spacial score (nSPS) is 10.4. The molecule has 0 atom stereocenters. The summed E-state index contributed by atoms with van der Waals surface area (Å²) in [6, 6.07) is 0. The molecule has 0 amide bonds. The minimum atomic E-state index is -0.818. The average molecular weight is 200 g/mol. The summed E-state index contributed by atoms with van der Waals surface area (Å²) in [4.78, 5) is 21.8. The summed E-state index contributed by atoms with van der Waals surface area (Å²) < 4.78 is 8.68. The van der Waals surface area contributed by atoms with E-state index in [-0.39, 0.29) is 5.70 Å². The maximum atomic E-state index is 11.0. The van der Waals surface area contributed by atoms with E-state index in [1.165, 1.54) is 14.2 Å². The van der Waals surface area contributed by atoms with E-state index >= 15 is 0 Å². The van der Waals surface area contributed by atoms with Crippen LogP contribution in [0.2, 0.25) is 0 Å². The van der Waals surface area contributed by atoms with Crippen LogP contribution in [0.25, 0.3) is 0 Å². The molecular formula is C8H12N2O4. The number of esters is 2. The number of carbonyl (C=O) groups is 2. The van der Waals surface area contributed by atoms with Gasteiger partial charge in [-0.25, -0.2) is 9.59 Å². The first-order valence-corrected chi connectivity index (χ1v) is 3.71. The lowest BCUT2D eigenvalue weighted by molar-refractivity contribution is -0.136. The van der Waals surface area contributed by atoms with Crippen LogP contribution in [0.4, 0.5) is 0 Å². The van der Waals surface area contributed by atoms with Gasteiger partial charge in [0.2, 0.25) is 0 Å². The van der Waals surface area contributed by atoms with Crippen molar-refractivity contribution in [3.63, 3.8) is 0 Å². The van der Waals surface area contributed by atoms with Gasteiger partial charge < -0.3 is 14.8 Å². The summed E-state index contributed by atoms with van der Waals surface area (Å²) in [5.41, 5.74) is -0.412. The number of nitrogens with one attached hydrogen (secondary N) is 2. The van der Waals surface area contributed by atoms with Crippen LogP contribution in [0.5, 0.6) is 0 Å². The highest BCUT2D eigenvalue weighted by Crippen LogP contribution is 1.93. The molecule has 2 N–H and O–H groups in total. The molecule has 0 fully saturated rings. The van der Waals surface area contributed by atoms with Crippen LogP contribution in [0.3, 0.4) is 0 Å². The number of hydrogen-bond acceptors (Lipinski definition) is 6. The molecule has 0 aromatic rings. The molecule has 0 aliphatic heterocycles. The largest absolute Gasteiger partial charge is 0.464 e. The van der Waals surface area contributed by atoms with Crippen molar-refractivity contribution >= 4 is 17.7 Å². The Morgan fingerprint density at radius 2 is 1.71 bits per heavy atom. The van der Waals surface area contributed by atoms with E-state index in [0.29, 0.717) is 0 Å². The molecule has 0 saturated heterocycles. The Bertz CT molecular complexity index is 283. The fourth-order valence-corrected chi connectivity index (χ4v) is 0.656. The van der Waals surface area contributed by atoms with Crippen molar-refractivity contribution in [2.75, 3.05) is 21.3 Å². The van der Waals surface area contributed by atoms with Crippen LogP contribution >= 0.6 is 0 Å². The SMILES string of the molecule is CN/C(=C\C(=N)C(=O)OC)C(=O)OC. The minimum Gasteiger partial charge on any atom is -0.464 e. The second kappa shape index (κ2) is 5.74. The van der Waals surface area contributed by atoms with Crippen molar-refractivity contribution in [1.82, 2.24) is 5.32 Å². The summed E-state index contributed by atoms with van der Waals surface area (Å²) in [5, 5.41) is 9.70. The molecule has 0 aromatic heterocycles. The van der Waals surface area contributed by atoms with Gasteiger partial charge in [0.05, 0.1) is 14.2 Å². The minimum absolute atomic E-state index is 0.0166. The molecule has 0 rings (SSSR count). The van der Waals surface area contributed by atoms with Crippen LogP contribution in [-0.2, 0) is 19.1 Å². The third-order valence-electron chi connectivity index (χ3n) is 1.37. The van der Waals surface area contributed by atoms with Crippen LogP contribution in [0.1, 0.15) is 0 Å². The zero-order chi connectivity index (χ0) is 11.1. The molecule has 78 valence electrons. The third kappa shape index (κ3) is 3.26. The van der Waals surface area contributed by atoms with Crippen molar-refractivity contribution in [2.24, 2.45) is 0 Å². The van der Waals surface area contributed by atoms with Crippen molar-refractivity contribution in [2.45, 2.75) is 0 Å². The summed E-state index contributed by atoms with van der Waals surface area (Å²) >= 11 is 0. The summed E-state index contributed by atoms with van der Waals surface area (Å²) in [5.74, 6) is -1.47. The Balaban J connectivity index is 4.68. The number of rotatable bonds is 4. The van der Waals surface area contributed by atoms with E-state index in [1.54, 1.807) is 0 Å². The second-order valence-corrected chi connectivity index (χ2v) is 2.20. The van der Waals surface area contributed by atoms with Gasteiger partial charge in [-0.1, -0.05) is 0 Å². The first-order valence-electron chi connectivity index (χ1n) is 3.71. The molecule has 0 radical (unpaired) electrons. The average Bonchev–Trinajstić information content (AvgIpc) is 2.22. The lowest BCUT2D eigenvalue weighted by Gasteiger charge is -2.03. The van der Waals surface area contributed by atoms with E-state index in [0.717, 1.165) is 13.2 Å². The Labute approximate surface area is 81.4 Å². The van der Waals surface area contributed by atoms with Crippen LogP contribution in [0, 0.1) is 5.41 Å². The number of likely N-dealkylation sites (N-methyl/N-ethyl adjacent to an activating group) is 1. The lowest BCUT2D eigenvalue weighted by Crippen LogP contribution is -2.21. The highest BCUT2D eigenvalue weighted by molar-refractivity contribution is 6.40. The summed E-state index contributed by atoms with van der Waals surface area (Å²) in [6.45, 7) is 0. The van der Waals surface area contributed by atoms with Gasteiger partial charge in [-0.15, -0.1) is 0 Å². The van der Waals surface area contributed by atoms with Gasteiger partial charge >= 0.3 is 11.9 Å². The molecule has 6 nitrogen and oxygen atoms in total. The summed E-state index contributed by atoms with van der Waals surface area (Å²) in [7, 11) is 3.84. The van der Waals surface area contributed by atoms with Crippen LogP contribution < -0.4 is 5.32 Å². The summed E-state index contributed by atoms with van der Waals surface area (Å²) in [6.07, 6.45) is 1.04. The monoisotopic (exact) mass is 200 g/mol. The first-order chi connectivity index (χ1) is 6.56. The predicted octanol–water partition coefficient (Wildman–Crippen LogP) is -0.545. The van der Waals surface area contributed by atoms with E-state index in [9.17, 15) is 9.59 Å². The van der Waals surface area contributed by atoms with Gasteiger partial charge in [0, 0.05) is 13.1 Å². The molecule has 0 heterocycles. The third-order valence-corrected chi connectivity index (χ3v) is 1.37. The molecule has 0 saturated carbocycles. The van der Waals surface area contributed by atoms with Gasteiger partial charge in [-0.3, -0.25) is 5.41 Å². The van der Waals surface area contributed by atoms with Gasteiger partial charge in [0.15, 0.2) is 0 Å². The van der Waals surface area contributed by atoms with Gasteiger partial charge in [-0.2, -0.15) is 0 Å². The predicted molar refractivity (Wildman–Crippen MR) is 48.9 cm³/mol. The molecule has 14 heavy (non-hydrogen) atoms. The Morgan fingerprint density at radius 1 is 1.21 bits per heavy atom. The topological polar surface area (TPSA) is 88.5 Å². The number of carbonyl (C=O) groups excluding carboxylic acids is 2. The highest BCUT2D eigenvalue weighted by atomic mass is 16.5. The molecule has 0 bridgehead atoms. The maximum absolute atomic E-state index is 11.0. The number of methoxy groups -OCH3 is 2. The zero-order valence-electron chi connectivity index (χ0n) is 8.21. The van der Waals surface area contributed by atoms with E-state index < -0.39 is 17.7 Å². The van der Waals surface area contributed by atoms with Gasteiger partial charge in [-0.05, 0) is 0 Å². The Hall–Kier alpha value is -1.85. The van der Waals surface area contributed by atoms with E-state index in [2.05, 4.69) is 14.8 Å². The van der Waals surface area contributed by atoms with Gasteiger partial charge in [0.25, 0.3) is 0 Å². The van der Waals surface area contributed by atoms with Crippen molar-refractivity contribution in [1.29, 1.82) is 5.41 Å². The Kier molecular flexibility index (Phi) is 4.98. The smallest absolute Gasteiger partial charge is 0.356 e. The first kappa shape index (κ1) is 12.2. The van der Waals surface area contributed by atoms with Crippen molar-refractivity contribution < 1.29 is 19.1 Å². The van der Waals surface area contributed by atoms with Crippen LogP contribution in [-0.4, -0.2) is 38.9 Å². The van der Waals surface area contributed by atoms with E-state index in [1.807, 2.05) is 0 Å². The Morgan fingerprint density at radius 3 is 2.07 bits per heavy atom. The molecule has 0 aliphatic rings. The molecule has 0 unspecified atom stereocenters. The standard InChI is InChI=1S/C8H12N2O4/c1-10-6(8(12)14-3)4-5(9)7(11)13-2/h4,9-10H,1-3H3/b6-4-,9-5?. The molecule has 6 heteroatoms. The molecule has 0 aromatic carbocycles. The highest BCUT2D eigenvalue weighted by Gasteiger charge is 2.12. The quantitative estimate of drug-likeness (QED) is 0.361. The number of hydrogen-bond donors (Lipinski definition) is 2. The van der Waals surface area contributed by atoms with Crippen molar-refractivity contribution in [3.05, 3.63) is 11.8 Å². The second-order valence-electron chi connectivity index (χ2n) is 2.20. The van der Waals surface area contributed by atoms with Crippen molar-refractivity contribution in [3.8, 4) is 0 Å². The zero-order valence-corrected chi connectivity index (χ0v) is 8.21. The molecule has 0 aliphatic carbocycles. The maximum Gasteiger partial charge on any atom is 0.356 e. The fraction of sp³-hybridized carbons (Fsp3) is 0.375. The molecule has 0 spiro atoms.